The molecule has 0 saturated heterocycles. The van der Waals surface area contributed by atoms with Gasteiger partial charge in [0, 0.05) is 13.0 Å². The van der Waals surface area contributed by atoms with Crippen LogP contribution in [0.15, 0.2) is 23.3 Å². The number of carbonyl (C=O) groups is 1. The van der Waals surface area contributed by atoms with Crippen LogP contribution >= 0.6 is 0 Å². The van der Waals surface area contributed by atoms with Gasteiger partial charge in [-0.2, -0.15) is 10.6 Å². The molecule has 0 aliphatic rings. The van der Waals surface area contributed by atoms with Crippen LogP contribution in [-0.2, 0) is 9.63 Å². The van der Waals surface area contributed by atoms with Gasteiger partial charge in [0.2, 0.25) is 5.96 Å². The number of nitrogens with one attached hydrogen (secondary N) is 3. The van der Waals surface area contributed by atoms with Crippen LogP contribution in [-0.4, -0.2) is 28.0 Å². The van der Waals surface area contributed by atoms with Gasteiger partial charge in [0.1, 0.15) is 0 Å². The minimum atomic E-state index is -0.795. The second kappa shape index (κ2) is 7.28. The summed E-state index contributed by atoms with van der Waals surface area (Å²) < 4.78 is 0. The minimum Gasteiger partial charge on any atom is -0.341 e. The number of rotatable bonds is 4. The summed E-state index contributed by atoms with van der Waals surface area (Å²) in [4.78, 5) is 34.6. The van der Waals surface area contributed by atoms with Gasteiger partial charge in [-0.1, -0.05) is 0 Å². The van der Waals surface area contributed by atoms with Crippen LogP contribution in [0.2, 0.25) is 0 Å². The van der Waals surface area contributed by atoms with E-state index in [1.54, 1.807) is 0 Å². The number of benzene rings is 1. The number of hydrogen-bond donors (Lipinski definition) is 3. The van der Waals surface area contributed by atoms with E-state index in [-0.39, 0.29) is 5.56 Å². The summed E-state index contributed by atoms with van der Waals surface area (Å²) >= 11 is 0. The number of hydrogen-bond acceptors (Lipinski definition) is 8. The topological polar surface area (TPSA) is 173 Å². The number of nitro benzene ring substituents is 2. The number of nitro groups is 2. The summed E-state index contributed by atoms with van der Waals surface area (Å²) in [6, 6.07) is 3.02. The Hall–Kier alpha value is -3.57. The molecule has 12 nitrogen and oxygen atoms in total. The highest BCUT2D eigenvalue weighted by atomic mass is 16.7. The van der Waals surface area contributed by atoms with E-state index in [1.807, 2.05) is 5.48 Å². The largest absolute Gasteiger partial charge is 0.341 e. The summed E-state index contributed by atoms with van der Waals surface area (Å²) in [7, 11) is 0. The molecule has 1 aromatic rings. The maximum Gasteiger partial charge on any atom is 0.329 e. The lowest BCUT2D eigenvalue weighted by atomic mass is 10.2. The van der Waals surface area contributed by atoms with Crippen molar-refractivity contribution in [3.05, 3.63) is 44.0 Å². The molecule has 116 valence electrons. The fraction of sp³-hybridized carbons (Fsp3) is 0.100. The molecule has 0 radical (unpaired) electrons. The van der Waals surface area contributed by atoms with Crippen molar-refractivity contribution in [1.82, 2.24) is 10.9 Å². The molecular weight excluding hydrogens is 300 g/mol. The number of non-ortho nitro benzene ring substituents is 1. The minimum absolute atomic E-state index is 0.0108. The molecule has 0 spiro atoms. The van der Waals surface area contributed by atoms with Crippen LogP contribution in [0, 0.1) is 25.6 Å². The lowest BCUT2D eigenvalue weighted by Gasteiger charge is -2.04. The van der Waals surface area contributed by atoms with Gasteiger partial charge in [0.25, 0.3) is 11.4 Å². The average molecular weight is 310 g/mol. The molecular formula is C10H10N6O6. The fourth-order valence-corrected chi connectivity index (χ4v) is 1.22. The number of hydroxylamine groups is 1. The molecule has 0 heterocycles. The van der Waals surface area contributed by atoms with E-state index in [4.69, 9.17) is 5.41 Å². The van der Waals surface area contributed by atoms with Crippen LogP contribution in [0.1, 0.15) is 12.5 Å². The van der Waals surface area contributed by atoms with E-state index in [1.165, 1.54) is 0 Å². The number of nitrogens with zero attached hydrogens (tertiary/aromatic N) is 3. The molecule has 0 amide bonds. The first-order valence-electron chi connectivity index (χ1n) is 5.55. The summed E-state index contributed by atoms with van der Waals surface area (Å²) in [6.07, 6.45) is 0.992. The third-order valence-electron chi connectivity index (χ3n) is 2.10. The summed E-state index contributed by atoms with van der Waals surface area (Å²) in [6.45, 7) is 1.11. The second-order valence-corrected chi connectivity index (χ2v) is 3.70. The van der Waals surface area contributed by atoms with Crippen LogP contribution in [0.3, 0.4) is 0 Å². The van der Waals surface area contributed by atoms with Gasteiger partial charge in [-0.25, -0.2) is 5.43 Å². The third kappa shape index (κ3) is 4.84. The molecule has 12 heteroatoms. The molecule has 0 unspecified atom stereocenters. The molecule has 0 aliphatic heterocycles. The monoisotopic (exact) mass is 310 g/mol. The normalized spacial score (nSPS) is 10.0. The highest BCUT2D eigenvalue weighted by Gasteiger charge is 2.18. The van der Waals surface area contributed by atoms with Gasteiger partial charge in [-0.15, -0.1) is 0 Å². The predicted octanol–water partition coefficient (Wildman–Crippen LogP) is 0.429. The van der Waals surface area contributed by atoms with Gasteiger partial charge >= 0.3 is 5.97 Å². The van der Waals surface area contributed by atoms with Gasteiger partial charge in [0.05, 0.1) is 27.7 Å². The van der Waals surface area contributed by atoms with Crippen LogP contribution < -0.4 is 10.9 Å². The highest BCUT2D eigenvalue weighted by Crippen LogP contribution is 2.23. The van der Waals surface area contributed by atoms with Gasteiger partial charge in [-0.3, -0.25) is 30.4 Å². The van der Waals surface area contributed by atoms with Crippen LogP contribution in [0.5, 0.6) is 0 Å². The highest BCUT2D eigenvalue weighted by molar-refractivity contribution is 5.87. The van der Waals surface area contributed by atoms with Crippen molar-refractivity contribution in [2.45, 2.75) is 6.92 Å². The van der Waals surface area contributed by atoms with Crippen molar-refractivity contribution in [1.29, 1.82) is 5.41 Å². The third-order valence-corrected chi connectivity index (χ3v) is 2.10. The summed E-state index contributed by atoms with van der Waals surface area (Å²) in [5.74, 6) is -1.17. The van der Waals surface area contributed by atoms with Crippen LogP contribution in [0.4, 0.5) is 11.4 Å². The summed E-state index contributed by atoms with van der Waals surface area (Å²) in [5.41, 5.74) is 3.06. The van der Waals surface area contributed by atoms with Crippen molar-refractivity contribution in [2.24, 2.45) is 5.10 Å². The Morgan fingerprint density at radius 3 is 2.59 bits per heavy atom. The van der Waals surface area contributed by atoms with Crippen LogP contribution in [0.25, 0.3) is 0 Å². The van der Waals surface area contributed by atoms with E-state index in [0.29, 0.717) is 0 Å². The summed E-state index contributed by atoms with van der Waals surface area (Å²) in [5, 5.41) is 32.2. The predicted molar refractivity (Wildman–Crippen MR) is 73.1 cm³/mol. The molecule has 0 aromatic heterocycles. The first-order chi connectivity index (χ1) is 10.3. The van der Waals surface area contributed by atoms with Crippen molar-refractivity contribution in [3.8, 4) is 0 Å². The Morgan fingerprint density at radius 2 is 2.05 bits per heavy atom. The standard InChI is InChI=1S/C10H10N6O6/c1-6(17)22-14-10(11)13-12-5-7-2-3-8(15(18)19)4-9(7)16(20)21/h2-5H,1H3,(H3,11,13,14). The van der Waals surface area contributed by atoms with E-state index >= 15 is 0 Å². The van der Waals surface area contributed by atoms with E-state index in [9.17, 15) is 25.0 Å². The molecule has 0 bridgehead atoms. The Labute approximate surface area is 122 Å². The van der Waals surface area contributed by atoms with Gasteiger partial charge in [-0.05, 0) is 6.07 Å². The number of carbonyl (C=O) groups excluding carboxylic acids is 1. The van der Waals surface area contributed by atoms with Crippen molar-refractivity contribution < 1.29 is 19.5 Å². The van der Waals surface area contributed by atoms with Crippen molar-refractivity contribution >= 4 is 29.5 Å². The lowest BCUT2D eigenvalue weighted by molar-refractivity contribution is -0.394. The molecule has 1 rings (SSSR count). The maximum absolute atomic E-state index is 10.9. The molecule has 0 aliphatic carbocycles. The Kier molecular flexibility index (Phi) is 5.45. The van der Waals surface area contributed by atoms with E-state index in [0.717, 1.165) is 31.3 Å². The zero-order valence-corrected chi connectivity index (χ0v) is 11.1. The Bertz CT molecular complexity index is 657. The van der Waals surface area contributed by atoms with Gasteiger partial charge < -0.3 is 4.84 Å². The zero-order valence-electron chi connectivity index (χ0n) is 11.1. The SMILES string of the molecule is CC(=O)ONC(=N)NN=Cc1ccc([N+](=O)[O-])cc1[N+](=O)[O-]. The number of hydrazone groups is 1. The molecule has 0 atom stereocenters. The fourth-order valence-electron chi connectivity index (χ4n) is 1.22. The molecule has 0 fully saturated rings. The van der Waals surface area contributed by atoms with Crippen molar-refractivity contribution in [2.75, 3.05) is 0 Å². The molecule has 0 saturated carbocycles. The zero-order chi connectivity index (χ0) is 16.7. The molecule has 22 heavy (non-hydrogen) atoms. The average Bonchev–Trinajstić information content (AvgIpc) is 2.44. The lowest BCUT2D eigenvalue weighted by Crippen LogP contribution is -2.34. The number of guanidine groups is 1. The first kappa shape index (κ1) is 16.5. The van der Waals surface area contributed by atoms with Gasteiger partial charge in [0.15, 0.2) is 0 Å². The molecule has 3 N–H and O–H groups in total. The van der Waals surface area contributed by atoms with E-state index < -0.39 is 33.2 Å². The maximum atomic E-state index is 10.9. The Balaban J connectivity index is 2.82. The Morgan fingerprint density at radius 1 is 1.36 bits per heavy atom. The van der Waals surface area contributed by atoms with Crippen molar-refractivity contribution in [3.63, 3.8) is 0 Å². The second-order valence-electron chi connectivity index (χ2n) is 3.70. The smallest absolute Gasteiger partial charge is 0.329 e. The quantitative estimate of drug-likeness (QED) is 0.310. The molecule has 1 aromatic carbocycles. The first-order valence-corrected chi connectivity index (χ1v) is 5.55. The van der Waals surface area contributed by atoms with E-state index in [2.05, 4.69) is 15.4 Å².